The van der Waals surface area contributed by atoms with Crippen LogP contribution in [0.5, 0.6) is 5.88 Å². The Morgan fingerprint density at radius 1 is 1.62 bits per heavy atom. The van der Waals surface area contributed by atoms with Gasteiger partial charge in [-0.2, -0.15) is 0 Å². The Bertz CT molecular complexity index is 430. The number of rotatable bonds is 2. The normalized spacial score (nSPS) is 10.8. The second-order valence-corrected chi connectivity index (χ2v) is 2.75. The third-order valence-corrected chi connectivity index (χ3v) is 1.81. The molecule has 5 heteroatoms. The van der Waals surface area contributed by atoms with Crippen molar-refractivity contribution in [2.75, 3.05) is 17.7 Å². The molecule has 70 valence electrons. The maximum atomic E-state index is 9.44. The van der Waals surface area contributed by atoms with Gasteiger partial charge in [0.25, 0.3) is 0 Å². The van der Waals surface area contributed by atoms with Gasteiger partial charge in [-0.25, -0.2) is 4.68 Å². The first kappa shape index (κ1) is 7.85. The van der Waals surface area contributed by atoms with Gasteiger partial charge >= 0.3 is 0 Å². The maximum Gasteiger partial charge on any atom is 0.214 e. The molecule has 5 nitrogen and oxygen atoms in total. The van der Waals surface area contributed by atoms with Crippen LogP contribution in [0.2, 0.25) is 0 Å². The van der Waals surface area contributed by atoms with Gasteiger partial charge in [0.2, 0.25) is 5.88 Å². The Morgan fingerprint density at radius 2 is 2.38 bits per heavy atom. The minimum Gasteiger partial charge on any atom is -0.493 e. The van der Waals surface area contributed by atoms with E-state index in [4.69, 9.17) is 10.2 Å². The van der Waals surface area contributed by atoms with Crippen LogP contribution in [-0.2, 0) is 0 Å². The Morgan fingerprint density at radius 3 is 3.08 bits per heavy atom. The lowest BCUT2D eigenvalue weighted by atomic mass is 10.5. The highest BCUT2D eigenvalue weighted by Gasteiger charge is 2.10. The molecule has 0 saturated heterocycles. The summed E-state index contributed by atoms with van der Waals surface area (Å²) in [6.07, 6.45) is 0. The number of furan rings is 1. The SMILES string of the molecule is CCNn1c(O)cc2oc(N)cc21. The Balaban J connectivity index is 2.61. The summed E-state index contributed by atoms with van der Waals surface area (Å²) in [4.78, 5) is 0. The molecule has 0 amide bonds. The number of fused-ring (bicyclic) bond motifs is 1. The van der Waals surface area contributed by atoms with Crippen LogP contribution >= 0.6 is 0 Å². The smallest absolute Gasteiger partial charge is 0.214 e. The topological polar surface area (TPSA) is 76.3 Å². The van der Waals surface area contributed by atoms with Gasteiger partial charge in [0.1, 0.15) is 5.52 Å². The molecule has 0 aliphatic rings. The predicted molar refractivity (Wildman–Crippen MR) is 50.2 cm³/mol. The third-order valence-electron chi connectivity index (χ3n) is 1.81. The molecular weight excluding hydrogens is 170 g/mol. The lowest BCUT2D eigenvalue weighted by Crippen LogP contribution is -2.12. The van der Waals surface area contributed by atoms with E-state index in [0.717, 1.165) is 5.52 Å². The first-order valence-corrected chi connectivity index (χ1v) is 4.06. The summed E-state index contributed by atoms with van der Waals surface area (Å²) in [7, 11) is 0. The second-order valence-electron chi connectivity index (χ2n) is 2.75. The van der Waals surface area contributed by atoms with E-state index in [1.54, 1.807) is 6.07 Å². The van der Waals surface area contributed by atoms with Gasteiger partial charge in [-0.3, -0.25) is 0 Å². The van der Waals surface area contributed by atoms with Crippen molar-refractivity contribution in [3.63, 3.8) is 0 Å². The van der Waals surface area contributed by atoms with Crippen LogP contribution in [0, 0.1) is 0 Å². The Hall–Kier alpha value is -1.78. The first-order valence-electron chi connectivity index (χ1n) is 4.06. The highest BCUT2D eigenvalue weighted by Crippen LogP contribution is 2.27. The molecule has 2 aromatic heterocycles. The summed E-state index contributed by atoms with van der Waals surface area (Å²) in [5.74, 6) is 0.465. The van der Waals surface area contributed by atoms with Crippen molar-refractivity contribution in [2.24, 2.45) is 0 Å². The van der Waals surface area contributed by atoms with Gasteiger partial charge < -0.3 is 20.7 Å². The predicted octanol–water partition coefficient (Wildman–Crippen LogP) is 1.09. The van der Waals surface area contributed by atoms with Gasteiger partial charge in [0.15, 0.2) is 11.5 Å². The fourth-order valence-electron chi connectivity index (χ4n) is 1.32. The molecule has 0 aliphatic heterocycles. The molecule has 0 unspecified atom stereocenters. The maximum absolute atomic E-state index is 9.44. The fraction of sp³-hybridized carbons (Fsp3) is 0.250. The van der Waals surface area contributed by atoms with Crippen molar-refractivity contribution >= 4 is 17.0 Å². The zero-order valence-electron chi connectivity index (χ0n) is 7.24. The summed E-state index contributed by atoms with van der Waals surface area (Å²) in [5.41, 5.74) is 9.75. The lowest BCUT2D eigenvalue weighted by Gasteiger charge is -2.05. The summed E-state index contributed by atoms with van der Waals surface area (Å²) >= 11 is 0. The quantitative estimate of drug-likeness (QED) is 0.648. The van der Waals surface area contributed by atoms with Gasteiger partial charge in [-0.15, -0.1) is 0 Å². The Kier molecular flexibility index (Phi) is 1.58. The van der Waals surface area contributed by atoms with Crippen molar-refractivity contribution in [3.8, 4) is 5.88 Å². The van der Waals surface area contributed by atoms with Gasteiger partial charge in [0, 0.05) is 18.7 Å². The molecule has 0 atom stereocenters. The average Bonchev–Trinajstić information content (AvgIpc) is 2.52. The van der Waals surface area contributed by atoms with E-state index in [-0.39, 0.29) is 5.88 Å². The zero-order chi connectivity index (χ0) is 9.42. The highest BCUT2D eigenvalue weighted by molar-refractivity contribution is 5.80. The molecule has 13 heavy (non-hydrogen) atoms. The second kappa shape index (κ2) is 2.62. The summed E-state index contributed by atoms with van der Waals surface area (Å²) < 4.78 is 6.67. The number of nitrogen functional groups attached to an aromatic ring is 1. The molecule has 0 radical (unpaired) electrons. The molecule has 2 aromatic rings. The van der Waals surface area contributed by atoms with Crippen LogP contribution in [-0.4, -0.2) is 16.3 Å². The van der Waals surface area contributed by atoms with Gasteiger partial charge in [-0.1, -0.05) is 0 Å². The van der Waals surface area contributed by atoms with E-state index in [9.17, 15) is 5.11 Å². The lowest BCUT2D eigenvalue weighted by molar-refractivity contribution is 0.435. The number of aromatic nitrogens is 1. The molecule has 2 rings (SSSR count). The molecular formula is C8H11N3O2. The molecule has 2 heterocycles. The van der Waals surface area contributed by atoms with E-state index in [2.05, 4.69) is 5.43 Å². The number of nitrogens with two attached hydrogens (primary N) is 1. The fourth-order valence-corrected chi connectivity index (χ4v) is 1.32. The third kappa shape index (κ3) is 1.09. The summed E-state index contributed by atoms with van der Waals surface area (Å²) in [5, 5.41) is 9.44. The van der Waals surface area contributed by atoms with Crippen molar-refractivity contribution in [1.29, 1.82) is 0 Å². The number of aromatic hydroxyl groups is 1. The van der Waals surface area contributed by atoms with Crippen LogP contribution in [0.25, 0.3) is 11.1 Å². The molecule has 0 aromatic carbocycles. The monoisotopic (exact) mass is 181 g/mol. The van der Waals surface area contributed by atoms with Crippen LogP contribution in [0.3, 0.4) is 0 Å². The number of hydrogen-bond acceptors (Lipinski definition) is 4. The summed E-state index contributed by atoms with van der Waals surface area (Å²) in [6, 6.07) is 3.19. The number of nitrogens with zero attached hydrogens (tertiary/aromatic N) is 1. The van der Waals surface area contributed by atoms with Crippen molar-refractivity contribution in [2.45, 2.75) is 6.92 Å². The minimum absolute atomic E-state index is 0.121. The molecule has 0 spiro atoms. The zero-order valence-corrected chi connectivity index (χ0v) is 7.24. The van der Waals surface area contributed by atoms with Crippen LogP contribution in [0.4, 0.5) is 5.88 Å². The molecule has 0 bridgehead atoms. The minimum atomic E-state index is 0.121. The highest BCUT2D eigenvalue weighted by atomic mass is 16.4. The largest absolute Gasteiger partial charge is 0.493 e. The van der Waals surface area contributed by atoms with Crippen molar-refractivity contribution in [1.82, 2.24) is 4.68 Å². The number of anilines is 1. The Labute approximate surface area is 74.7 Å². The van der Waals surface area contributed by atoms with Crippen molar-refractivity contribution in [3.05, 3.63) is 12.1 Å². The molecule has 0 fully saturated rings. The molecule has 0 aliphatic carbocycles. The van der Waals surface area contributed by atoms with Crippen LogP contribution in [0.1, 0.15) is 6.92 Å². The molecule has 0 saturated carbocycles. The average molecular weight is 181 g/mol. The van der Waals surface area contributed by atoms with Crippen molar-refractivity contribution < 1.29 is 9.52 Å². The van der Waals surface area contributed by atoms with E-state index < -0.39 is 0 Å². The van der Waals surface area contributed by atoms with Crippen LogP contribution < -0.4 is 11.2 Å². The van der Waals surface area contributed by atoms with Crippen LogP contribution in [0.15, 0.2) is 16.5 Å². The number of nitrogens with one attached hydrogen (secondary N) is 1. The van der Waals surface area contributed by atoms with E-state index in [1.165, 1.54) is 10.7 Å². The van der Waals surface area contributed by atoms with E-state index in [1.807, 2.05) is 6.92 Å². The van der Waals surface area contributed by atoms with Gasteiger partial charge in [-0.05, 0) is 6.92 Å². The first-order chi connectivity index (χ1) is 6.22. The number of hydrogen-bond donors (Lipinski definition) is 3. The van der Waals surface area contributed by atoms with E-state index in [0.29, 0.717) is 18.0 Å². The summed E-state index contributed by atoms with van der Waals surface area (Å²) in [6.45, 7) is 2.65. The van der Waals surface area contributed by atoms with Gasteiger partial charge in [0.05, 0.1) is 0 Å². The standard InChI is InChI=1S/C8H11N3O2/c1-2-10-11-5-3-7(9)13-6(5)4-8(11)12/h3-4,10,12H,2,9H2,1H3. The molecule has 4 N–H and O–H groups in total. The van der Waals surface area contributed by atoms with E-state index >= 15 is 0 Å².